The third kappa shape index (κ3) is 5.08. The molecule has 0 N–H and O–H groups in total. The predicted molar refractivity (Wildman–Crippen MR) is 82.7 cm³/mol. The zero-order valence-corrected chi connectivity index (χ0v) is 14.2. The van der Waals surface area contributed by atoms with Crippen LogP contribution in [0.2, 0.25) is 0 Å². The van der Waals surface area contributed by atoms with Gasteiger partial charge in [0.25, 0.3) is 0 Å². The summed E-state index contributed by atoms with van der Waals surface area (Å²) < 4.78 is 6.13. The van der Waals surface area contributed by atoms with E-state index in [9.17, 15) is 9.59 Å². The maximum Gasteiger partial charge on any atom is 0.307 e. The smallest absolute Gasteiger partial charge is 0.307 e. The van der Waals surface area contributed by atoms with E-state index in [4.69, 9.17) is 4.74 Å². The van der Waals surface area contributed by atoms with E-state index in [2.05, 4.69) is 15.9 Å². The molecule has 0 amide bonds. The van der Waals surface area contributed by atoms with Gasteiger partial charge in [-0.25, -0.2) is 0 Å². The number of ketones is 1. The molecule has 0 heterocycles. The molecule has 0 aromatic heterocycles. The van der Waals surface area contributed by atoms with Gasteiger partial charge in [0.15, 0.2) is 5.78 Å². The van der Waals surface area contributed by atoms with E-state index in [0.717, 1.165) is 4.47 Å². The molecular formula is C16H21BrO3. The predicted octanol–water partition coefficient (Wildman–Crippen LogP) is 4.39. The number of rotatable bonds is 4. The number of carbonyl (C=O) groups excluding carboxylic acids is 2. The molecule has 0 spiro atoms. The Bertz CT molecular complexity index is 513. The van der Waals surface area contributed by atoms with Crippen LogP contribution in [0.3, 0.4) is 0 Å². The zero-order chi connectivity index (χ0) is 15.6. The molecule has 20 heavy (non-hydrogen) atoms. The van der Waals surface area contributed by atoms with Crippen LogP contribution in [0.1, 0.15) is 51.4 Å². The van der Waals surface area contributed by atoms with Crippen molar-refractivity contribution in [3.05, 3.63) is 34.3 Å². The fraction of sp³-hybridized carbons (Fsp3) is 0.500. The van der Waals surface area contributed by atoms with E-state index in [1.165, 1.54) is 0 Å². The zero-order valence-electron chi connectivity index (χ0n) is 12.6. The number of carbonyl (C=O) groups is 2. The third-order valence-electron chi connectivity index (χ3n) is 2.71. The summed E-state index contributed by atoms with van der Waals surface area (Å²) in [6, 6.07) is 7.18. The summed E-state index contributed by atoms with van der Waals surface area (Å²) in [5.74, 6) is -0.421. The lowest BCUT2D eigenvalue weighted by molar-refractivity contribution is -0.156. The lowest BCUT2D eigenvalue weighted by Gasteiger charge is -2.25. The van der Waals surface area contributed by atoms with Crippen LogP contribution in [0.15, 0.2) is 28.7 Å². The molecule has 0 bridgehead atoms. The molecule has 0 fully saturated rings. The summed E-state index contributed by atoms with van der Waals surface area (Å²) in [6.07, 6.45) is 0.0651. The van der Waals surface area contributed by atoms with Gasteiger partial charge in [-0.05, 0) is 32.9 Å². The number of Topliss-reactive ketones (excluding diaryl/α,β-unsaturated/α-hetero) is 1. The van der Waals surface area contributed by atoms with Gasteiger partial charge in [0.05, 0.1) is 6.42 Å². The first kappa shape index (κ1) is 16.9. The van der Waals surface area contributed by atoms with Crippen LogP contribution in [0.5, 0.6) is 0 Å². The minimum Gasteiger partial charge on any atom is -0.460 e. The Morgan fingerprint density at radius 3 is 2.25 bits per heavy atom. The van der Waals surface area contributed by atoms with E-state index >= 15 is 0 Å². The van der Waals surface area contributed by atoms with E-state index < -0.39 is 11.0 Å². The molecule has 1 rings (SSSR count). The van der Waals surface area contributed by atoms with Crippen molar-refractivity contribution in [2.24, 2.45) is 5.41 Å². The second-order valence-corrected chi connectivity index (χ2v) is 7.40. The summed E-state index contributed by atoms with van der Waals surface area (Å²) >= 11 is 3.34. The van der Waals surface area contributed by atoms with Crippen LogP contribution < -0.4 is 0 Å². The van der Waals surface area contributed by atoms with Crippen LogP contribution in [0, 0.1) is 5.41 Å². The topological polar surface area (TPSA) is 43.4 Å². The maximum absolute atomic E-state index is 12.5. The molecule has 0 atom stereocenters. The van der Waals surface area contributed by atoms with Crippen molar-refractivity contribution in [1.82, 2.24) is 0 Å². The van der Waals surface area contributed by atoms with Crippen molar-refractivity contribution in [3.63, 3.8) is 0 Å². The van der Waals surface area contributed by atoms with Crippen LogP contribution in [0.4, 0.5) is 0 Å². The lowest BCUT2D eigenvalue weighted by Crippen LogP contribution is -2.32. The molecule has 3 nitrogen and oxygen atoms in total. The van der Waals surface area contributed by atoms with E-state index in [-0.39, 0.29) is 18.2 Å². The fourth-order valence-corrected chi connectivity index (χ4v) is 2.24. The van der Waals surface area contributed by atoms with Gasteiger partial charge < -0.3 is 4.74 Å². The van der Waals surface area contributed by atoms with Crippen molar-refractivity contribution in [2.45, 2.75) is 46.6 Å². The van der Waals surface area contributed by atoms with E-state index in [1.807, 2.05) is 26.8 Å². The molecule has 0 saturated heterocycles. The van der Waals surface area contributed by atoms with Gasteiger partial charge >= 0.3 is 5.97 Å². The maximum atomic E-state index is 12.5. The molecule has 1 aromatic rings. The van der Waals surface area contributed by atoms with Gasteiger partial charge in [-0.3, -0.25) is 9.59 Å². The van der Waals surface area contributed by atoms with Gasteiger partial charge in [0.2, 0.25) is 0 Å². The first-order valence-corrected chi connectivity index (χ1v) is 7.33. The summed E-state index contributed by atoms with van der Waals surface area (Å²) in [7, 11) is 0. The highest BCUT2D eigenvalue weighted by Crippen LogP contribution is 2.28. The van der Waals surface area contributed by atoms with Crippen molar-refractivity contribution >= 4 is 27.7 Å². The standard InChI is InChI=1S/C16H21BrO3/c1-15(2,3)20-13(18)10-16(4,5)14(19)11-7-6-8-12(17)9-11/h6-9H,10H2,1-5H3. The van der Waals surface area contributed by atoms with E-state index in [0.29, 0.717) is 5.56 Å². The normalized spacial score (nSPS) is 12.1. The minimum atomic E-state index is -0.789. The highest BCUT2D eigenvalue weighted by Gasteiger charge is 2.33. The summed E-state index contributed by atoms with van der Waals surface area (Å²) in [5.41, 5.74) is -0.734. The molecule has 0 aliphatic rings. The Balaban J connectivity index is 2.83. The Labute approximate surface area is 128 Å². The molecule has 4 heteroatoms. The lowest BCUT2D eigenvalue weighted by atomic mass is 9.81. The number of hydrogen-bond acceptors (Lipinski definition) is 3. The largest absolute Gasteiger partial charge is 0.460 e. The Morgan fingerprint density at radius 1 is 1.15 bits per heavy atom. The molecule has 0 saturated carbocycles. The Morgan fingerprint density at radius 2 is 1.75 bits per heavy atom. The first-order valence-electron chi connectivity index (χ1n) is 6.53. The first-order chi connectivity index (χ1) is 9.01. The van der Waals surface area contributed by atoms with Crippen molar-refractivity contribution in [1.29, 1.82) is 0 Å². The summed E-state index contributed by atoms with van der Waals surface area (Å²) in [6.45, 7) is 8.97. The van der Waals surface area contributed by atoms with Crippen LogP contribution in [-0.2, 0) is 9.53 Å². The number of esters is 1. The van der Waals surface area contributed by atoms with Crippen LogP contribution in [-0.4, -0.2) is 17.4 Å². The molecule has 0 unspecified atom stereocenters. The van der Waals surface area contributed by atoms with Gasteiger partial charge in [-0.1, -0.05) is 41.9 Å². The van der Waals surface area contributed by atoms with Crippen molar-refractivity contribution in [2.75, 3.05) is 0 Å². The molecule has 0 aliphatic carbocycles. The monoisotopic (exact) mass is 340 g/mol. The second kappa shape index (κ2) is 6.08. The Kier molecular flexibility index (Phi) is 5.14. The van der Waals surface area contributed by atoms with E-state index in [1.54, 1.807) is 32.0 Å². The Hall–Kier alpha value is -1.16. The summed E-state index contributed by atoms with van der Waals surface area (Å²) in [5, 5.41) is 0. The molecule has 1 aromatic carbocycles. The van der Waals surface area contributed by atoms with Gasteiger partial charge in [-0.2, -0.15) is 0 Å². The number of halogens is 1. The summed E-state index contributed by atoms with van der Waals surface area (Å²) in [4.78, 5) is 24.4. The average molecular weight is 341 g/mol. The number of benzene rings is 1. The molecule has 0 radical (unpaired) electrons. The van der Waals surface area contributed by atoms with Crippen molar-refractivity contribution in [3.8, 4) is 0 Å². The second-order valence-electron chi connectivity index (χ2n) is 6.49. The number of hydrogen-bond donors (Lipinski definition) is 0. The number of ether oxygens (including phenoxy) is 1. The van der Waals surface area contributed by atoms with Crippen molar-refractivity contribution < 1.29 is 14.3 Å². The van der Waals surface area contributed by atoms with Crippen LogP contribution in [0.25, 0.3) is 0 Å². The van der Waals surface area contributed by atoms with Gasteiger partial charge in [0, 0.05) is 15.5 Å². The molecule has 110 valence electrons. The highest BCUT2D eigenvalue weighted by molar-refractivity contribution is 9.10. The third-order valence-corrected chi connectivity index (χ3v) is 3.20. The highest BCUT2D eigenvalue weighted by atomic mass is 79.9. The quantitative estimate of drug-likeness (QED) is 0.603. The van der Waals surface area contributed by atoms with Gasteiger partial charge in [-0.15, -0.1) is 0 Å². The average Bonchev–Trinajstić information content (AvgIpc) is 2.24. The van der Waals surface area contributed by atoms with Crippen LogP contribution >= 0.6 is 15.9 Å². The molecular weight excluding hydrogens is 320 g/mol. The fourth-order valence-electron chi connectivity index (χ4n) is 1.84. The minimum absolute atomic E-state index is 0.0651. The molecule has 0 aliphatic heterocycles. The van der Waals surface area contributed by atoms with Gasteiger partial charge in [0.1, 0.15) is 5.60 Å². The SMILES string of the molecule is CC(C)(C)OC(=O)CC(C)(C)C(=O)c1cccc(Br)c1.